The van der Waals surface area contributed by atoms with Gasteiger partial charge >= 0.3 is 0 Å². The molecule has 0 bridgehead atoms. The SMILES string of the molecule is C[C@H](NC(=O)[C@@H]1CCCCN1)c1ccc(Nc2ncc3cc(-c4ccncc4)ccc3n2)cc1. The second-order valence-corrected chi connectivity index (χ2v) is 8.68. The number of carbonyl (C=O) groups excluding carboxylic acids is 1. The number of nitrogens with zero attached hydrogens (tertiary/aromatic N) is 3. The number of nitrogens with one attached hydrogen (secondary N) is 3. The molecule has 1 amide bonds. The molecule has 3 heterocycles. The van der Waals surface area contributed by atoms with E-state index in [1.54, 1.807) is 12.4 Å². The van der Waals surface area contributed by atoms with E-state index in [1.165, 1.54) is 0 Å². The highest BCUT2D eigenvalue weighted by Crippen LogP contribution is 2.24. The lowest BCUT2D eigenvalue weighted by molar-refractivity contribution is -0.124. The summed E-state index contributed by atoms with van der Waals surface area (Å²) < 4.78 is 0. The summed E-state index contributed by atoms with van der Waals surface area (Å²) in [6.45, 7) is 2.92. The van der Waals surface area contributed by atoms with Gasteiger partial charge in [-0.3, -0.25) is 9.78 Å². The van der Waals surface area contributed by atoms with E-state index in [-0.39, 0.29) is 18.0 Å². The number of carbonyl (C=O) groups is 1. The van der Waals surface area contributed by atoms with Gasteiger partial charge in [-0.25, -0.2) is 9.97 Å². The Morgan fingerprint density at radius 1 is 1.03 bits per heavy atom. The fourth-order valence-corrected chi connectivity index (χ4v) is 4.27. The molecular formula is C27H28N6O. The van der Waals surface area contributed by atoms with Crippen LogP contribution in [0.4, 0.5) is 11.6 Å². The maximum atomic E-state index is 12.5. The minimum Gasteiger partial charge on any atom is -0.348 e. The van der Waals surface area contributed by atoms with Gasteiger partial charge in [0, 0.05) is 29.7 Å². The second-order valence-electron chi connectivity index (χ2n) is 8.68. The summed E-state index contributed by atoms with van der Waals surface area (Å²) in [5.41, 5.74) is 5.04. The normalized spacial score (nSPS) is 16.7. The highest BCUT2D eigenvalue weighted by Gasteiger charge is 2.22. The number of anilines is 2. The highest BCUT2D eigenvalue weighted by molar-refractivity contribution is 5.85. The van der Waals surface area contributed by atoms with Crippen LogP contribution >= 0.6 is 0 Å². The zero-order valence-electron chi connectivity index (χ0n) is 19.2. The number of amides is 1. The molecule has 2 atom stereocenters. The first-order chi connectivity index (χ1) is 16.7. The van der Waals surface area contributed by atoms with E-state index in [0.29, 0.717) is 5.95 Å². The van der Waals surface area contributed by atoms with Crippen molar-refractivity contribution in [3.05, 3.63) is 78.8 Å². The average Bonchev–Trinajstić information content (AvgIpc) is 2.90. The van der Waals surface area contributed by atoms with Crippen molar-refractivity contribution < 1.29 is 4.79 Å². The van der Waals surface area contributed by atoms with Crippen LogP contribution in [0.2, 0.25) is 0 Å². The van der Waals surface area contributed by atoms with Gasteiger partial charge in [-0.1, -0.05) is 24.6 Å². The summed E-state index contributed by atoms with van der Waals surface area (Å²) in [6, 6.07) is 18.0. The van der Waals surface area contributed by atoms with E-state index in [2.05, 4.69) is 43.0 Å². The molecule has 0 unspecified atom stereocenters. The topological polar surface area (TPSA) is 91.8 Å². The summed E-state index contributed by atoms with van der Waals surface area (Å²) in [5.74, 6) is 0.618. The van der Waals surface area contributed by atoms with Gasteiger partial charge < -0.3 is 16.0 Å². The lowest BCUT2D eigenvalue weighted by Gasteiger charge is -2.24. The first kappa shape index (κ1) is 22.0. The van der Waals surface area contributed by atoms with Crippen LogP contribution in [0.5, 0.6) is 0 Å². The third-order valence-corrected chi connectivity index (χ3v) is 6.25. The molecule has 5 rings (SSSR count). The van der Waals surface area contributed by atoms with Gasteiger partial charge in [0.2, 0.25) is 11.9 Å². The van der Waals surface area contributed by atoms with E-state index < -0.39 is 0 Å². The standard InChI is InChI=1S/C27H28N6O/c1-18(31-26(34)25-4-2-3-13-29-25)19-5-8-23(9-6-19)32-27-30-17-22-16-21(7-10-24(22)33-27)20-11-14-28-15-12-20/h5-12,14-18,25,29H,2-4,13H2,1H3,(H,31,34)(H,30,32,33)/t18-,25-/m0/s1. The van der Waals surface area contributed by atoms with Crippen molar-refractivity contribution in [3.8, 4) is 11.1 Å². The number of fused-ring (bicyclic) bond motifs is 1. The maximum Gasteiger partial charge on any atom is 0.237 e. The number of hydrogen-bond acceptors (Lipinski definition) is 6. The Bertz CT molecular complexity index is 1270. The Kier molecular flexibility index (Phi) is 6.44. The van der Waals surface area contributed by atoms with Crippen molar-refractivity contribution in [1.82, 2.24) is 25.6 Å². The average molecular weight is 453 g/mol. The van der Waals surface area contributed by atoms with Crippen LogP contribution in [0.15, 0.2) is 73.2 Å². The number of piperidine rings is 1. The highest BCUT2D eigenvalue weighted by atomic mass is 16.2. The first-order valence-electron chi connectivity index (χ1n) is 11.7. The Balaban J connectivity index is 1.24. The zero-order valence-corrected chi connectivity index (χ0v) is 19.2. The Morgan fingerprint density at radius 2 is 1.85 bits per heavy atom. The number of pyridine rings is 1. The molecule has 4 aromatic rings. The van der Waals surface area contributed by atoms with E-state index in [0.717, 1.165) is 59.1 Å². The van der Waals surface area contributed by atoms with Crippen molar-refractivity contribution in [1.29, 1.82) is 0 Å². The molecule has 2 aromatic carbocycles. The summed E-state index contributed by atoms with van der Waals surface area (Å²) in [4.78, 5) is 25.7. The largest absolute Gasteiger partial charge is 0.348 e. The fraction of sp³-hybridized carbons (Fsp3) is 0.259. The van der Waals surface area contributed by atoms with Gasteiger partial charge in [0.05, 0.1) is 17.6 Å². The third kappa shape index (κ3) is 5.05. The van der Waals surface area contributed by atoms with Crippen LogP contribution in [0.3, 0.4) is 0 Å². The predicted octanol–water partition coefficient (Wildman–Crippen LogP) is 4.75. The quantitative estimate of drug-likeness (QED) is 0.391. The first-order valence-corrected chi connectivity index (χ1v) is 11.7. The van der Waals surface area contributed by atoms with Crippen molar-refractivity contribution in [2.24, 2.45) is 0 Å². The molecule has 0 saturated carbocycles. The van der Waals surface area contributed by atoms with Crippen LogP contribution in [-0.4, -0.2) is 33.4 Å². The number of aromatic nitrogens is 3. The molecule has 0 spiro atoms. The van der Waals surface area contributed by atoms with Crippen LogP contribution in [0.1, 0.15) is 37.8 Å². The van der Waals surface area contributed by atoms with Crippen molar-refractivity contribution >= 4 is 28.4 Å². The van der Waals surface area contributed by atoms with E-state index >= 15 is 0 Å². The summed E-state index contributed by atoms with van der Waals surface area (Å²) in [7, 11) is 0. The van der Waals surface area contributed by atoms with Gasteiger partial charge in [-0.05, 0) is 79.4 Å². The lowest BCUT2D eigenvalue weighted by Crippen LogP contribution is -2.47. The molecule has 7 heteroatoms. The van der Waals surface area contributed by atoms with E-state index in [9.17, 15) is 4.79 Å². The minimum absolute atomic E-state index is 0.0585. The van der Waals surface area contributed by atoms with E-state index in [4.69, 9.17) is 0 Å². The van der Waals surface area contributed by atoms with Crippen LogP contribution in [0, 0.1) is 0 Å². The van der Waals surface area contributed by atoms with Gasteiger partial charge in [0.1, 0.15) is 0 Å². The second kappa shape index (κ2) is 9.97. The maximum absolute atomic E-state index is 12.5. The zero-order chi connectivity index (χ0) is 23.3. The smallest absolute Gasteiger partial charge is 0.237 e. The van der Waals surface area contributed by atoms with Gasteiger partial charge in [-0.15, -0.1) is 0 Å². The van der Waals surface area contributed by atoms with Crippen molar-refractivity contribution in [2.75, 3.05) is 11.9 Å². The monoisotopic (exact) mass is 452 g/mol. The number of hydrogen-bond donors (Lipinski definition) is 3. The third-order valence-electron chi connectivity index (χ3n) is 6.25. The molecule has 1 fully saturated rings. The molecule has 1 aliphatic heterocycles. The molecule has 2 aromatic heterocycles. The van der Waals surface area contributed by atoms with Gasteiger partial charge in [0.25, 0.3) is 0 Å². The van der Waals surface area contributed by atoms with E-state index in [1.807, 2.05) is 55.6 Å². The molecular weight excluding hydrogens is 424 g/mol. The molecule has 3 N–H and O–H groups in total. The minimum atomic E-state index is -0.0806. The van der Waals surface area contributed by atoms with Gasteiger partial charge in [0.15, 0.2) is 0 Å². The summed E-state index contributed by atoms with van der Waals surface area (Å²) in [5, 5.41) is 10.7. The van der Waals surface area contributed by atoms with Crippen LogP contribution in [-0.2, 0) is 4.79 Å². The number of rotatable bonds is 6. The molecule has 7 nitrogen and oxygen atoms in total. The lowest BCUT2D eigenvalue weighted by atomic mass is 10.0. The van der Waals surface area contributed by atoms with Crippen LogP contribution < -0.4 is 16.0 Å². The van der Waals surface area contributed by atoms with Crippen LogP contribution in [0.25, 0.3) is 22.0 Å². The Labute approximate surface area is 199 Å². The molecule has 34 heavy (non-hydrogen) atoms. The molecule has 1 aliphatic rings. The van der Waals surface area contributed by atoms with Gasteiger partial charge in [-0.2, -0.15) is 0 Å². The summed E-state index contributed by atoms with van der Waals surface area (Å²) >= 11 is 0. The van der Waals surface area contributed by atoms with Crippen molar-refractivity contribution in [3.63, 3.8) is 0 Å². The van der Waals surface area contributed by atoms with Crippen molar-refractivity contribution in [2.45, 2.75) is 38.3 Å². The number of benzene rings is 2. The Hall–Kier alpha value is -3.84. The Morgan fingerprint density at radius 3 is 2.62 bits per heavy atom. The fourth-order valence-electron chi connectivity index (χ4n) is 4.27. The molecule has 172 valence electrons. The predicted molar refractivity (Wildman–Crippen MR) is 135 cm³/mol. The molecule has 0 radical (unpaired) electrons. The molecule has 1 saturated heterocycles. The molecule has 0 aliphatic carbocycles. The summed E-state index contributed by atoms with van der Waals surface area (Å²) in [6.07, 6.45) is 8.55.